The first kappa shape index (κ1) is 23.4. The Morgan fingerprint density at radius 2 is 1.59 bits per heavy atom. The van der Waals surface area contributed by atoms with Crippen LogP contribution < -0.4 is 19.3 Å². The molecular formula is C25H27N3O5S. The van der Waals surface area contributed by atoms with E-state index in [9.17, 15) is 18.3 Å². The predicted molar refractivity (Wildman–Crippen MR) is 133 cm³/mol. The maximum atomic E-state index is 13.1. The molecule has 1 saturated heterocycles. The van der Waals surface area contributed by atoms with Crippen molar-refractivity contribution in [2.45, 2.75) is 11.8 Å². The highest BCUT2D eigenvalue weighted by atomic mass is 32.2. The Balaban J connectivity index is 1.61. The van der Waals surface area contributed by atoms with Crippen molar-refractivity contribution in [2.75, 3.05) is 47.8 Å². The van der Waals surface area contributed by atoms with Gasteiger partial charge in [0.1, 0.15) is 5.75 Å². The summed E-state index contributed by atoms with van der Waals surface area (Å²) in [5.74, 6) is -0.322. The van der Waals surface area contributed by atoms with Gasteiger partial charge in [0.15, 0.2) is 0 Å². The van der Waals surface area contributed by atoms with Crippen molar-refractivity contribution in [3.63, 3.8) is 0 Å². The summed E-state index contributed by atoms with van der Waals surface area (Å²) >= 11 is 0. The van der Waals surface area contributed by atoms with E-state index in [0.29, 0.717) is 31.9 Å². The van der Waals surface area contributed by atoms with Crippen LogP contribution in [-0.2, 0) is 10.0 Å². The van der Waals surface area contributed by atoms with E-state index >= 15 is 0 Å². The van der Waals surface area contributed by atoms with Crippen LogP contribution in [0.4, 0.5) is 17.1 Å². The average Bonchev–Trinajstić information content (AvgIpc) is 2.84. The fraction of sp³-hybridized carbons (Fsp3) is 0.240. The zero-order valence-electron chi connectivity index (χ0n) is 19.1. The van der Waals surface area contributed by atoms with Gasteiger partial charge in [-0.05, 0) is 55.0 Å². The molecule has 0 aliphatic carbocycles. The highest BCUT2D eigenvalue weighted by Crippen LogP contribution is 2.33. The molecule has 4 rings (SSSR count). The van der Waals surface area contributed by atoms with E-state index in [2.05, 4.69) is 14.5 Å². The number of benzene rings is 3. The molecule has 2 N–H and O–H groups in total. The number of carbonyl (C=O) groups is 1. The number of anilines is 3. The summed E-state index contributed by atoms with van der Waals surface area (Å²) < 4.78 is 34.3. The van der Waals surface area contributed by atoms with Crippen molar-refractivity contribution in [1.82, 2.24) is 0 Å². The van der Waals surface area contributed by atoms with Crippen LogP contribution in [0.25, 0.3) is 0 Å². The van der Waals surface area contributed by atoms with Crippen LogP contribution >= 0.6 is 0 Å². The van der Waals surface area contributed by atoms with Crippen LogP contribution in [0.15, 0.2) is 71.6 Å². The van der Waals surface area contributed by atoms with Crippen LogP contribution in [-0.4, -0.2) is 52.8 Å². The van der Waals surface area contributed by atoms with Crippen molar-refractivity contribution in [2.24, 2.45) is 0 Å². The normalized spacial score (nSPS) is 14.1. The molecule has 0 aromatic heterocycles. The third-order valence-corrected chi connectivity index (χ3v) is 7.20. The second-order valence-electron chi connectivity index (χ2n) is 8.11. The summed E-state index contributed by atoms with van der Waals surface area (Å²) in [5, 5.41) is 9.46. The molecule has 0 spiro atoms. The first-order chi connectivity index (χ1) is 16.3. The van der Waals surface area contributed by atoms with E-state index in [4.69, 9.17) is 4.74 Å². The van der Waals surface area contributed by atoms with Crippen LogP contribution in [0, 0.1) is 6.92 Å². The fourth-order valence-electron chi connectivity index (χ4n) is 4.09. The molecule has 1 fully saturated rings. The van der Waals surface area contributed by atoms with Gasteiger partial charge in [0, 0.05) is 26.2 Å². The number of sulfonamides is 1. The monoisotopic (exact) mass is 481 g/mol. The largest absolute Gasteiger partial charge is 0.495 e. The number of methoxy groups -OCH3 is 1. The number of piperazine rings is 1. The molecule has 3 aromatic carbocycles. The number of aryl methyl sites for hydroxylation is 1. The van der Waals surface area contributed by atoms with Gasteiger partial charge in [-0.2, -0.15) is 0 Å². The number of rotatable bonds is 7. The number of hydrogen-bond acceptors (Lipinski definition) is 6. The average molecular weight is 482 g/mol. The summed E-state index contributed by atoms with van der Waals surface area (Å²) in [6.45, 7) is 4.47. The van der Waals surface area contributed by atoms with Gasteiger partial charge in [0.25, 0.3) is 10.0 Å². The first-order valence-corrected chi connectivity index (χ1v) is 12.4. The Hall–Kier alpha value is -3.72. The summed E-state index contributed by atoms with van der Waals surface area (Å²) in [6.07, 6.45) is 0. The highest BCUT2D eigenvalue weighted by Gasteiger charge is 2.24. The molecule has 178 valence electrons. The van der Waals surface area contributed by atoms with Gasteiger partial charge in [0.05, 0.1) is 34.6 Å². The lowest BCUT2D eigenvalue weighted by Gasteiger charge is -2.38. The number of hydrogen-bond donors (Lipinski definition) is 2. The van der Waals surface area contributed by atoms with Crippen LogP contribution in [0.2, 0.25) is 0 Å². The predicted octanol–water partition coefficient (Wildman–Crippen LogP) is 3.83. The molecule has 1 aliphatic heterocycles. The van der Waals surface area contributed by atoms with E-state index in [1.807, 2.05) is 37.3 Å². The van der Waals surface area contributed by atoms with E-state index in [-0.39, 0.29) is 16.1 Å². The molecule has 0 amide bonds. The maximum Gasteiger partial charge on any atom is 0.335 e. The van der Waals surface area contributed by atoms with Gasteiger partial charge >= 0.3 is 5.97 Å². The Morgan fingerprint density at radius 3 is 2.24 bits per heavy atom. The molecule has 9 heteroatoms. The zero-order chi connectivity index (χ0) is 24.3. The Labute approximate surface area is 199 Å². The van der Waals surface area contributed by atoms with Crippen LogP contribution in [0.3, 0.4) is 0 Å². The smallest absolute Gasteiger partial charge is 0.335 e. The number of carboxylic acid groups (broad SMARTS) is 1. The third-order valence-electron chi connectivity index (χ3n) is 5.83. The van der Waals surface area contributed by atoms with E-state index in [0.717, 1.165) is 17.0 Å². The maximum absolute atomic E-state index is 13.1. The minimum Gasteiger partial charge on any atom is -0.495 e. The van der Waals surface area contributed by atoms with Crippen molar-refractivity contribution in [3.8, 4) is 5.75 Å². The number of aromatic carboxylic acids is 1. The summed E-state index contributed by atoms with van der Waals surface area (Å²) in [6, 6.07) is 18.9. The van der Waals surface area contributed by atoms with Crippen molar-refractivity contribution in [1.29, 1.82) is 0 Å². The third kappa shape index (κ3) is 4.94. The summed E-state index contributed by atoms with van der Waals surface area (Å²) in [5.41, 5.74) is 2.72. The van der Waals surface area contributed by atoms with Gasteiger partial charge in [0.2, 0.25) is 0 Å². The van der Waals surface area contributed by atoms with Crippen molar-refractivity contribution < 1.29 is 23.1 Å². The Bertz CT molecular complexity index is 1300. The second-order valence-corrected chi connectivity index (χ2v) is 9.79. The topological polar surface area (TPSA) is 99.2 Å². The van der Waals surface area contributed by atoms with E-state index < -0.39 is 16.0 Å². The zero-order valence-corrected chi connectivity index (χ0v) is 19.9. The molecule has 34 heavy (non-hydrogen) atoms. The summed E-state index contributed by atoms with van der Waals surface area (Å²) in [4.78, 5) is 16.0. The van der Waals surface area contributed by atoms with Gasteiger partial charge in [-0.1, -0.05) is 24.3 Å². The van der Waals surface area contributed by atoms with Gasteiger partial charge < -0.3 is 19.6 Å². The van der Waals surface area contributed by atoms with Gasteiger partial charge in [-0.25, -0.2) is 13.2 Å². The minimum atomic E-state index is -3.90. The molecule has 0 unspecified atom stereocenters. The summed E-state index contributed by atoms with van der Waals surface area (Å²) in [7, 11) is -2.25. The molecule has 1 aliphatic rings. The van der Waals surface area contributed by atoms with E-state index in [1.165, 1.54) is 18.2 Å². The van der Waals surface area contributed by atoms with Crippen molar-refractivity contribution >= 4 is 33.1 Å². The Morgan fingerprint density at radius 1 is 0.912 bits per heavy atom. The van der Waals surface area contributed by atoms with Crippen molar-refractivity contribution in [3.05, 3.63) is 77.9 Å². The molecule has 1 heterocycles. The first-order valence-electron chi connectivity index (χ1n) is 10.9. The number of ether oxygens (including phenoxy) is 1. The lowest BCUT2D eigenvalue weighted by Crippen LogP contribution is -2.46. The number of nitrogens with zero attached hydrogens (tertiary/aromatic N) is 2. The van der Waals surface area contributed by atoms with Crippen LogP contribution in [0.1, 0.15) is 15.9 Å². The van der Waals surface area contributed by atoms with Crippen LogP contribution in [0.5, 0.6) is 5.75 Å². The molecule has 0 saturated carbocycles. The molecule has 0 bridgehead atoms. The SMILES string of the molecule is COc1ccccc1N1CCN(c2ccc(C(=O)O)cc2NS(=O)(=O)c2cccc(C)c2)CC1. The molecule has 0 atom stereocenters. The molecule has 3 aromatic rings. The number of para-hydroxylation sites is 2. The lowest BCUT2D eigenvalue weighted by atomic mass is 10.1. The number of nitrogens with one attached hydrogen (secondary N) is 1. The highest BCUT2D eigenvalue weighted by molar-refractivity contribution is 7.92. The minimum absolute atomic E-state index is 0.0124. The number of carboxylic acids is 1. The van der Waals surface area contributed by atoms with Gasteiger partial charge in [-0.15, -0.1) is 0 Å². The fourth-order valence-corrected chi connectivity index (χ4v) is 5.26. The molecule has 8 nitrogen and oxygen atoms in total. The van der Waals surface area contributed by atoms with E-state index in [1.54, 1.807) is 25.3 Å². The molecule has 0 radical (unpaired) electrons. The second kappa shape index (κ2) is 9.64. The Kier molecular flexibility index (Phi) is 6.65. The molecular weight excluding hydrogens is 454 g/mol. The standard InChI is InChI=1S/C25H27N3O5S/c1-18-6-5-7-20(16-18)34(31,32)26-21-17-19(25(29)30)10-11-22(21)27-12-14-28(15-13-27)23-8-3-4-9-24(23)33-2/h3-11,16-17,26H,12-15H2,1-2H3,(H,29,30). The quantitative estimate of drug-likeness (QED) is 0.529. The van der Waals surface area contributed by atoms with Gasteiger partial charge in [-0.3, -0.25) is 4.72 Å². The lowest BCUT2D eigenvalue weighted by molar-refractivity contribution is 0.0697.